The smallest absolute Gasteiger partial charge is 0.257 e. The largest absolute Gasteiger partial charge is 0.384 e. The molecule has 4 aromatic rings. The highest BCUT2D eigenvalue weighted by Gasteiger charge is 2.17. The summed E-state index contributed by atoms with van der Waals surface area (Å²) in [4.78, 5) is 17.1. The number of aryl methyl sites for hydroxylation is 2. The van der Waals surface area contributed by atoms with E-state index in [2.05, 4.69) is 27.6 Å². The van der Waals surface area contributed by atoms with Crippen molar-refractivity contribution in [3.8, 4) is 0 Å². The Balaban J connectivity index is 1.70. The van der Waals surface area contributed by atoms with Gasteiger partial charge in [0.2, 0.25) is 0 Å². The molecule has 0 spiro atoms. The molecule has 0 aliphatic rings. The lowest BCUT2D eigenvalue weighted by molar-refractivity contribution is 0.102. The van der Waals surface area contributed by atoms with E-state index >= 15 is 0 Å². The number of nitrogens with one attached hydrogen (secondary N) is 2. The zero-order chi connectivity index (χ0) is 20.5. The number of hydrogen-bond donors (Lipinski definition) is 2. The van der Waals surface area contributed by atoms with Crippen molar-refractivity contribution in [1.29, 1.82) is 0 Å². The van der Waals surface area contributed by atoms with E-state index in [1.165, 1.54) is 6.07 Å². The molecule has 1 aromatic carbocycles. The minimum atomic E-state index is -0.490. The van der Waals surface area contributed by atoms with Crippen LogP contribution in [0.5, 0.6) is 0 Å². The fourth-order valence-electron chi connectivity index (χ4n) is 3.36. The van der Waals surface area contributed by atoms with Gasteiger partial charge in [-0.15, -0.1) is 0 Å². The first kappa shape index (κ1) is 18.9. The summed E-state index contributed by atoms with van der Waals surface area (Å²) in [6.07, 6.45) is 6.29. The predicted molar refractivity (Wildman–Crippen MR) is 112 cm³/mol. The Morgan fingerprint density at radius 3 is 2.79 bits per heavy atom. The average Bonchev–Trinajstić information content (AvgIpc) is 3.29. The summed E-state index contributed by atoms with van der Waals surface area (Å²) in [5.74, 6) is -0.829. The van der Waals surface area contributed by atoms with E-state index in [9.17, 15) is 9.18 Å². The second kappa shape index (κ2) is 7.54. The molecule has 1 amide bonds. The predicted octanol–water partition coefficient (Wildman–Crippen LogP) is 4.23. The van der Waals surface area contributed by atoms with Crippen LogP contribution in [0.15, 0.2) is 36.8 Å². The average molecular weight is 394 g/mol. The third-order valence-electron chi connectivity index (χ3n) is 4.74. The van der Waals surface area contributed by atoms with Crippen LogP contribution >= 0.6 is 0 Å². The van der Waals surface area contributed by atoms with Gasteiger partial charge in [-0.3, -0.25) is 9.48 Å². The molecule has 3 heterocycles. The summed E-state index contributed by atoms with van der Waals surface area (Å²) in [6, 6.07) is 4.91. The van der Waals surface area contributed by atoms with Crippen molar-refractivity contribution in [3.05, 3.63) is 53.9 Å². The second-order valence-electron chi connectivity index (χ2n) is 6.98. The lowest BCUT2D eigenvalue weighted by atomic mass is 10.1. The normalized spacial score (nSPS) is 11.3. The molecule has 0 aliphatic carbocycles. The number of halogens is 1. The number of anilines is 2. The molecule has 0 aliphatic heterocycles. The molecular weight excluding hydrogens is 371 g/mol. The molecule has 3 aromatic heterocycles. The van der Waals surface area contributed by atoms with Crippen LogP contribution < -0.4 is 10.6 Å². The number of carbonyl (C=O) groups excluding carboxylic acids is 1. The number of hydrogen-bond acceptors (Lipinski definition) is 4. The summed E-state index contributed by atoms with van der Waals surface area (Å²) in [5, 5.41) is 11.6. The number of aromatic nitrogens is 4. The number of nitrogens with zero attached hydrogens (tertiary/aromatic N) is 4. The van der Waals surface area contributed by atoms with Crippen molar-refractivity contribution in [2.75, 3.05) is 17.2 Å². The summed E-state index contributed by atoms with van der Waals surface area (Å²) in [5.41, 5.74) is 3.29. The lowest BCUT2D eigenvalue weighted by Gasteiger charge is -2.10. The van der Waals surface area contributed by atoms with Crippen LogP contribution in [0.4, 0.5) is 15.8 Å². The molecule has 4 rings (SSSR count). The second-order valence-corrected chi connectivity index (χ2v) is 6.98. The third kappa shape index (κ3) is 3.53. The molecule has 0 unspecified atom stereocenters. The Hall–Kier alpha value is -3.42. The Labute approximate surface area is 167 Å². The lowest BCUT2D eigenvalue weighted by Crippen LogP contribution is -2.14. The number of carbonyl (C=O) groups is 1. The minimum absolute atomic E-state index is 0.232. The van der Waals surface area contributed by atoms with Crippen LogP contribution in [0, 0.1) is 12.7 Å². The Bertz CT molecular complexity index is 1210. The van der Waals surface area contributed by atoms with Gasteiger partial charge in [-0.25, -0.2) is 9.37 Å². The van der Waals surface area contributed by atoms with Crippen LogP contribution in [0.2, 0.25) is 0 Å². The molecule has 0 atom stereocenters. The maximum Gasteiger partial charge on any atom is 0.257 e. The van der Waals surface area contributed by atoms with Gasteiger partial charge in [-0.1, -0.05) is 6.92 Å². The first-order valence-corrected chi connectivity index (χ1v) is 9.70. The van der Waals surface area contributed by atoms with Crippen LogP contribution in [0.25, 0.3) is 16.6 Å². The number of fused-ring (bicyclic) bond motifs is 2. The van der Waals surface area contributed by atoms with Gasteiger partial charge in [0, 0.05) is 48.8 Å². The van der Waals surface area contributed by atoms with Crippen LogP contribution in [0.3, 0.4) is 0 Å². The van der Waals surface area contributed by atoms with E-state index in [0.29, 0.717) is 29.0 Å². The summed E-state index contributed by atoms with van der Waals surface area (Å²) in [6.45, 7) is 7.42. The van der Waals surface area contributed by atoms with Crippen molar-refractivity contribution in [3.63, 3.8) is 0 Å². The van der Waals surface area contributed by atoms with E-state index in [1.807, 2.05) is 19.2 Å². The topological polar surface area (TPSA) is 76.2 Å². The first-order valence-electron chi connectivity index (χ1n) is 9.70. The fourth-order valence-corrected chi connectivity index (χ4v) is 3.36. The zero-order valence-electron chi connectivity index (χ0n) is 16.7. The summed E-state index contributed by atoms with van der Waals surface area (Å²) in [7, 11) is 0. The molecule has 0 saturated carbocycles. The molecule has 0 saturated heterocycles. The van der Waals surface area contributed by atoms with E-state index in [0.717, 1.165) is 24.0 Å². The van der Waals surface area contributed by atoms with Gasteiger partial charge >= 0.3 is 0 Å². The van der Waals surface area contributed by atoms with Crippen molar-refractivity contribution in [1.82, 2.24) is 19.2 Å². The van der Waals surface area contributed by atoms with Crippen LogP contribution in [-0.4, -0.2) is 31.6 Å². The maximum absolute atomic E-state index is 14.3. The van der Waals surface area contributed by atoms with Gasteiger partial charge in [0.15, 0.2) is 11.5 Å². The minimum Gasteiger partial charge on any atom is -0.384 e. The summed E-state index contributed by atoms with van der Waals surface area (Å²) >= 11 is 0. The first-order chi connectivity index (χ1) is 14.0. The molecule has 8 heteroatoms. The zero-order valence-corrected chi connectivity index (χ0v) is 16.7. The Kier molecular flexibility index (Phi) is 4.92. The molecule has 7 nitrogen and oxygen atoms in total. The molecule has 0 fully saturated rings. The van der Waals surface area contributed by atoms with Gasteiger partial charge in [-0.2, -0.15) is 5.10 Å². The van der Waals surface area contributed by atoms with E-state index in [1.54, 1.807) is 34.5 Å². The molecule has 29 heavy (non-hydrogen) atoms. The van der Waals surface area contributed by atoms with Crippen molar-refractivity contribution >= 4 is 33.8 Å². The van der Waals surface area contributed by atoms with Crippen molar-refractivity contribution in [2.45, 2.75) is 33.7 Å². The van der Waals surface area contributed by atoms with Crippen molar-refractivity contribution < 1.29 is 9.18 Å². The number of pyridine rings is 1. The monoisotopic (exact) mass is 394 g/mol. The third-order valence-corrected chi connectivity index (χ3v) is 4.74. The Morgan fingerprint density at radius 2 is 2.03 bits per heavy atom. The number of benzene rings is 1. The molecule has 0 bridgehead atoms. The number of rotatable bonds is 6. The molecule has 2 N–H and O–H groups in total. The Morgan fingerprint density at radius 1 is 1.21 bits per heavy atom. The number of imidazole rings is 1. The molecule has 150 valence electrons. The van der Waals surface area contributed by atoms with Crippen LogP contribution in [0.1, 0.15) is 36.3 Å². The number of amides is 1. The molecule has 0 radical (unpaired) electrons. The van der Waals surface area contributed by atoms with E-state index in [4.69, 9.17) is 0 Å². The SMILES string of the molecule is CCCNc1ccc(C(=O)Nc2cc(F)c3nc(C)cn3c2)c2nn(CC)cc12. The standard InChI is InChI=1S/C21H23FN6O/c1-4-8-23-18-7-6-15(19-16(18)12-28(5-2)26-19)21(29)25-14-9-17(22)20-24-13(3)10-27(20)11-14/h6-7,9-12,23H,4-5,8H2,1-3H3,(H,25,29). The molecular formula is C21H23FN6O. The van der Waals surface area contributed by atoms with Gasteiger partial charge < -0.3 is 15.0 Å². The van der Waals surface area contributed by atoms with Gasteiger partial charge in [-0.05, 0) is 32.4 Å². The van der Waals surface area contributed by atoms with E-state index in [-0.39, 0.29) is 11.6 Å². The van der Waals surface area contributed by atoms with E-state index < -0.39 is 5.82 Å². The van der Waals surface area contributed by atoms with Crippen LogP contribution in [-0.2, 0) is 6.54 Å². The van der Waals surface area contributed by atoms with Crippen molar-refractivity contribution in [2.24, 2.45) is 0 Å². The van der Waals surface area contributed by atoms with Gasteiger partial charge in [0.25, 0.3) is 5.91 Å². The maximum atomic E-state index is 14.3. The highest BCUT2D eigenvalue weighted by atomic mass is 19.1. The van der Waals surface area contributed by atoms with Gasteiger partial charge in [0.05, 0.1) is 16.9 Å². The van der Waals surface area contributed by atoms with Gasteiger partial charge in [0.1, 0.15) is 5.52 Å². The quantitative estimate of drug-likeness (QED) is 0.513. The highest BCUT2D eigenvalue weighted by Crippen LogP contribution is 2.27. The highest BCUT2D eigenvalue weighted by molar-refractivity contribution is 6.13. The fraction of sp³-hybridized carbons (Fsp3) is 0.286. The summed E-state index contributed by atoms with van der Waals surface area (Å²) < 4.78 is 17.7.